The van der Waals surface area contributed by atoms with E-state index in [0.717, 1.165) is 56.0 Å². The molecular formula is C28H35FN6O. The molecule has 2 saturated carbocycles. The smallest absolute Gasteiger partial charge is 0.223 e. The molecule has 0 radical (unpaired) electrons. The molecule has 2 aromatic heterocycles. The van der Waals surface area contributed by atoms with Gasteiger partial charge in [0.15, 0.2) is 0 Å². The first-order valence-electron chi connectivity index (χ1n) is 13.4. The van der Waals surface area contributed by atoms with E-state index in [1.54, 1.807) is 12.3 Å². The number of aromatic nitrogens is 3. The highest BCUT2D eigenvalue weighted by molar-refractivity contribution is 5.79. The number of benzene rings is 1. The number of hydrazine groups is 1. The molecule has 1 aliphatic heterocycles. The molecule has 0 bridgehead atoms. The molecule has 3 aromatic rings. The summed E-state index contributed by atoms with van der Waals surface area (Å²) in [6.45, 7) is 2.71. The normalized spacial score (nSPS) is 30.3. The van der Waals surface area contributed by atoms with Gasteiger partial charge in [-0.05, 0) is 81.0 Å². The number of fused-ring (bicyclic) bond motifs is 2. The first-order valence-corrected chi connectivity index (χ1v) is 13.4. The van der Waals surface area contributed by atoms with Crippen molar-refractivity contribution in [3.63, 3.8) is 0 Å². The van der Waals surface area contributed by atoms with E-state index in [1.165, 1.54) is 11.6 Å². The topological polar surface area (TPSA) is 83.9 Å². The van der Waals surface area contributed by atoms with E-state index in [0.29, 0.717) is 29.9 Å². The van der Waals surface area contributed by atoms with Crippen molar-refractivity contribution in [1.82, 2.24) is 30.9 Å². The average molecular weight is 491 g/mol. The van der Waals surface area contributed by atoms with Gasteiger partial charge in [-0.25, -0.2) is 9.82 Å². The lowest BCUT2D eigenvalue weighted by Crippen LogP contribution is -2.45. The molecular weight excluding hydrogens is 455 g/mol. The van der Waals surface area contributed by atoms with E-state index in [-0.39, 0.29) is 29.7 Å². The summed E-state index contributed by atoms with van der Waals surface area (Å²) in [5.41, 5.74) is 9.79. The van der Waals surface area contributed by atoms with Crippen molar-refractivity contribution < 1.29 is 9.18 Å². The van der Waals surface area contributed by atoms with Crippen molar-refractivity contribution >= 4 is 16.8 Å². The number of pyridine rings is 1. The molecule has 6 unspecified atom stereocenters. The summed E-state index contributed by atoms with van der Waals surface area (Å²) < 4.78 is 16.2. The Morgan fingerprint density at radius 2 is 2.08 bits per heavy atom. The second kappa shape index (κ2) is 9.90. The number of nitrogens with one attached hydrogen (secondary N) is 3. The minimum Gasteiger partial charge on any atom is -0.353 e. The van der Waals surface area contributed by atoms with Crippen LogP contribution < -0.4 is 16.2 Å². The van der Waals surface area contributed by atoms with Crippen LogP contribution in [-0.4, -0.2) is 32.8 Å². The van der Waals surface area contributed by atoms with Crippen LogP contribution in [0.2, 0.25) is 0 Å². The third-order valence-corrected chi connectivity index (χ3v) is 8.58. The molecule has 6 rings (SSSR count). The minimum atomic E-state index is -0.225. The van der Waals surface area contributed by atoms with Gasteiger partial charge in [-0.1, -0.05) is 18.6 Å². The molecule has 0 spiro atoms. The first-order chi connectivity index (χ1) is 17.5. The van der Waals surface area contributed by atoms with Crippen molar-refractivity contribution in [1.29, 1.82) is 0 Å². The average Bonchev–Trinajstić information content (AvgIpc) is 3.49. The number of carbonyl (C=O) groups excluding carboxylic acids is 1. The van der Waals surface area contributed by atoms with E-state index in [2.05, 4.69) is 38.4 Å². The van der Waals surface area contributed by atoms with Crippen LogP contribution >= 0.6 is 0 Å². The minimum absolute atomic E-state index is 0.0444. The Labute approximate surface area is 211 Å². The Morgan fingerprint density at radius 1 is 1.17 bits per heavy atom. The summed E-state index contributed by atoms with van der Waals surface area (Å²) in [5.74, 6) is 0.787. The second-order valence-electron chi connectivity index (χ2n) is 11.0. The number of halogens is 1. The van der Waals surface area contributed by atoms with Crippen LogP contribution in [-0.2, 0) is 11.3 Å². The largest absolute Gasteiger partial charge is 0.353 e. The van der Waals surface area contributed by atoms with Gasteiger partial charge in [0, 0.05) is 41.8 Å². The quantitative estimate of drug-likeness (QED) is 0.500. The molecule has 1 amide bonds. The highest BCUT2D eigenvalue weighted by Crippen LogP contribution is 2.40. The molecule has 3 heterocycles. The summed E-state index contributed by atoms with van der Waals surface area (Å²) in [7, 11) is 0. The number of nitrogens with zero attached hydrogens (tertiary/aromatic N) is 3. The highest BCUT2D eigenvalue weighted by Gasteiger charge is 2.43. The van der Waals surface area contributed by atoms with Crippen molar-refractivity contribution in [3.05, 3.63) is 59.8 Å². The van der Waals surface area contributed by atoms with Crippen molar-refractivity contribution in [2.45, 2.75) is 76.5 Å². The number of hydrogen-bond acceptors (Lipinski definition) is 5. The van der Waals surface area contributed by atoms with Crippen LogP contribution in [0.5, 0.6) is 0 Å². The van der Waals surface area contributed by atoms with Crippen LogP contribution in [0.3, 0.4) is 0 Å². The van der Waals surface area contributed by atoms with E-state index in [1.807, 2.05) is 23.9 Å². The van der Waals surface area contributed by atoms with Crippen LogP contribution in [0.15, 0.2) is 42.7 Å². The fraction of sp³-hybridized carbons (Fsp3) is 0.536. The Hall–Kier alpha value is -2.84. The van der Waals surface area contributed by atoms with Gasteiger partial charge in [-0.15, -0.1) is 0 Å². The Bertz CT molecular complexity index is 1240. The number of amides is 1. The maximum atomic E-state index is 14.4. The number of hydrogen-bond donors (Lipinski definition) is 3. The zero-order valence-electron chi connectivity index (χ0n) is 20.8. The van der Waals surface area contributed by atoms with Gasteiger partial charge in [0.25, 0.3) is 0 Å². The van der Waals surface area contributed by atoms with Gasteiger partial charge in [0.05, 0.1) is 12.2 Å². The summed E-state index contributed by atoms with van der Waals surface area (Å²) in [6, 6.07) is 10.1. The zero-order valence-corrected chi connectivity index (χ0v) is 20.8. The number of aryl methyl sites for hydroxylation is 1. The zero-order chi connectivity index (χ0) is 24.6. The maximum Gasteiger partial charge on any atom is 0.223 e. The molecule has 3 fully saturated rings. The van der Waals surface area contributed by atoms with Gasteiger partial charge in [-0.2, -0.15) is 5.10 Å². The fourth-order valence-electron chi connectivity index (χ4n) is 6.77. The number of para-hydroxylation sites is 1. The van der Waals surface area contributed by atoms with E-state index < -0.39 is 0 Å². The molecule has 190 valence electrons. The van der Waals surface area contributed by atoms with E-state index in [9.17, 15) is 9.18 Å². The van der Waals surface area contributed by atoms with Crippen molar-refractivity contribution in [2.75, 3.05) is 0 Å². The SMILES string of the molecule is Cc1cc(C2NNC3CCC(C(=O)NC4CCCC(Cn5ncc6cccc(F)c65)C4)CC32)ccn1. The van der Waals surface area contributed by atoms with Gasteiger partial charge >= 0.3 is 0 Å². The van der Waals surface area contributed by atoms with Crippen LogP contribution in [0, 0.1) is 30.5 Å². The van der Waals surface area contributed by atoms with Crippen molar-refractivity contribution in [2.24, 2.45) is 17.8 Å². The standard InChI is InChI=1S/C28H35FN6O/c1-17-12-19(10-11-30-17)26-23-14-20(8-9-25(23)33-34-26)28(36)32-22-6-2-4-18(13-22)16-35-27-21(15-31-35)5-3-7-24(27)29/h3,5,7,10-12,15,18,20,22-23,25-26,33-34H,2,4,6,8-9,13-14,16H2,1H3,(H,32,36). The van der Waals surface area contributed by atoms with E-state index >= 15 is 0 Å². The molecule has 3 aliphatic rings. The predicted molar refractivity (Wildman–Crippen MR) is 136 cm³/mol. The summed E-state index contributed by atoms with van der Waals surface area (Å²) in [4.78, 5) is 17.7. The third-order valence-electron chi connectivity index (χ3n) is 8.58. The van der Waals surface area contributed by atoms with Gasteiger partial charge in [0.2, 0.25) is 5.91 Å². The van der Waals surface area contributed by atoms with Crippen molar-refractivity contribution in [3.8, 4) is 0 Å². The first kappa shape index (κ1) is 23.6. The molecule has 7 nitrogen and oxygen atoms in total. The molecule has 3 N–H and O–H groups in total. The van der Waals surface area contributed by atoms with Gasteiger partial charge in [-0.3, -0.25) is 19.9 Å². The molecule has 1 aromatic carbocycles. The summed E-state index contributed by atoms with van der Waals surface area (Å²) in [6.07, 6.45) is 10.5. The van der Waals surface area contributed by atoms with Crippen LogP contribution in [0.4, 0.5) is 4.39 Å². The van der Waals surface area contributed by atoms with Gasteiger partial charge < -0.3 is 5.32 Å². The Kier molecular flexibility index (Phi) is 6.48. The second-order valence-corrected chi connectivity index (χ2v) is 11.0. The highest BCUT2D eigenvalue weighted by atomic mass is 19.1. The lowest BCUT2D eigenvalue weighted by molar-refractivity contribution is -0.127. The lowest BCUT2D eigenvalue weighted by atomic mass is 9.74. The molecule has 2 aliphatic carbocycles. The number of rotatable bonds is 5. The maximum absolute atomic E-state index is 14.4. The molecule has 8 heteroatoms. The Balaban J connectivity index is 1.08. The predicted octanol–water partition coefficient (Wildman–Crippen LogP) is 4.19. The van der Waals surface area contributed by atoms with Crippen LogP contribution in [0.25, 0.3) is 10.9 Å². The molecule has 36 heavy (non-hydrogen) atoms. The molecule has 6 atom stereocenters. The fourth-order valence-corrected chi connectivity index (χ4v) is 6.77. The summed E-state index contributed by atoms with van der Waals surface area (Å²) >= 11 is 0. The van der Waals surface area contributed by atoms with Crippen LogP contribution in [0.1, 0.15) is 62.2 Å². The summed E-state index contributed by atoms with van der Waals surface area (Å²) in [5, 5.41) is 8.68. The lowest BCUT2D eigenvalue weighted by Gasteiger charge is -2.35. The van der Waals surface area contributed by atoms with E-state index in [4.69, 9.17) is 0 Å². The molecule has 1 saturated heterocycles. The number of carbonyl (C=O) groups is 1. The van der Waals surface area contributed by atoms with Gasteiger partial charge in [0.1, 0.15) is 11.3 Å². The Morgan fingerprint density at radius 3 is 2.97 bits per heavy atom. The third kappa shape index (κ3) is 4.64. The monoisotopic (exact) mass is 490 g/mol.